The van der Waals surface area contributed by atoms with E-state index in [0.29, 0.717) is 34.6 Å². The first kappa shape index (κ1) is 15.8. The first-order valence-corrected chi connectivity index (χ1v) is 7.92. The van der Waals surface area contributed by atoms with Crippen LogP contribution in [0.2, 0.25) is 0 Å². The predicted molar refractivity (Wildman–Crippen MR) is 93.5 cm³/mol. The summed E-state index contributed by atoms with van der Waals surface area (Å²) in [5, 5.41) is 17.3. The molecule has 0 saturated carbocycles. The molecule has 0 aliphatic heterocycles. The second-order valence-electron chi connectivity index (χ2n) is 5.66. The molecule has 8 nitrogen and oxygen atoms in total. The van der Waals surface area contributed by atoms with E-state index in [-0.39, 0.29) is 5.91 Å². The van der Waals surface area contributed by atoms with Gasteiger partial charge < -0.3 is 10.1 Å². The largest absolute Gasteiger partial charge is 0.497 e. The minimum absolute atomic E-state index is 0.227. The summed E-state index contributed by atoms with van der Waals surface area (Å²) in [7, 11) is 1.60. The predicted octanol–water partition coefficient (Wildman–Crippen LogP) is 2.55. The van der Waals surface area contributed by atoms with Gasteiger partial charge in [-0.15, -0.1) is 0 Å². The van der Waals surface area contributed by atoms with Gasteiger partial charge in [-0.05, 0) is 40.1 Å². The maximum atomic E-state index is 12.6. The fraction of sp³-hybridized carbons (Fsp3) is 0.111. The van der Waals surface area contributed by atoms with Crippen LogP contribution in [0.3, 0.4) is 0 Å². The number of aromatic nitrogens is 4. The van der Waals surface area contributed by atoms with Crippen LogP contribution in [0.1, 0.15) is 15.9 Å². The van der Waals surface area contributed by atoms with Crippen molar-refractivity contribution < 1.29 is 14.2 Å². The van der Waals surface area contributed by atoms with Crippen molar-refractivity contribution >= 4 is 16.9 Å². The molecular weight excluding hydrogens is 334 g/mol. The zero-order chi connectivity index (χ0) is 17.9. The Morgan fingerprint density at radius 1 is 1.19 bits per heavy atom. The molecule has 2 aromatic carbocycles. The van der Waals surface area contributed by atoms with Gasteiger partial charge >= 0.3 is 0 Å². The van der Waals surface area contributed by atoms with Crippen LogP contribution < -0.4 is 10.1 Å². The zero-order valence-corrected chi connectivity index (χ0v) is 13.9. The summed E-state index contributed by atoms with van der Waals surface area (Å²) in [5.74, 6) is 0.480. The molecule has 0 atom stereocenters. The van der Waals surface area contributed by atoms with Gasteiger partial charge in [-0.2, -0.15) is 5.10 Å². The third-order valence-corrected chi connectivity index (χ3v) is 4.01. The molecular formula is C18H15N5O3. The SMILES string of the molecule is COc1cccc(-c2[nH]ncc2C(=O)NCc2ccc3nonc3c2)c1. The molecule has 26 heavy (non-hydrogen) atoms. The molecule has 0 radical (unpaired) electrons. The standard InChI is InChI=1S/C18H15N5O3/c1-25-13-4-2-3-12(8-13)17-14(10-20-21-17)18(24)19-9-11-5-6-15-16(7-11)23-26-22-15/h2-8,10H,9H2,1H3,(H,19,24)(H,20,21). The number of hydrogen-bond acceptors (Lipinski definition) is 6. The van der Waals surface area contributed by atoms with Gasteiger partial charge in [0.1, 0.15) is 16.8 Å². The van der Waals surface area contributed by atoms with Crippen LogP contribution in [0.4, 0.5) is 0 Å². The number of fused-ring (bicyclic) bond motifs is 1. The van der Waals surface area contributed by atoms with E-state index >= 15 is 0 Å². The lowest BCUT2D eigenvalue weighted by molar-refractivity contribution is 0.0951. The van der Waals surface area contributed by atoms with Crippen molar-refractivity contribution in [2.75, 3.05) is 7.11 Å². The Balaban J connectivity index is 1.52. The molecule has 0 spiro atoms. The lowest BCUT2D eigenvalue weighted by atomic mass is 10.1. The molecule has 2 aromatic heterocycles. The minimum atomic E-state index is -0.227. The molecule has 0 saturated heterocycles. The molecule has 0 fully saturated rings. The summed E-state index contributed by atoms with van der Waals surface area (Å²) in [4.78, 5) is 12.6. The zero-order valence-electron chi connectivity index (χ0n) is 13.9. The number of ether oxygens (including phenoxy) is 1. The summed E-state index contributed by atoms with van der Waals surface area (Å²) < 4.78 is 9.91. The van der Waals surface area contributed by atoms with Gasteiger partial charge in [-0.1, -0.05) is 18.2 Å². The number of amides is 1. The molecule has 0 aliphatic carbocycles. The molecule has 1 amide bonds. The van der Waals surface area contributed by atoms with Crippen molar-refractivity contribution in [3.8, 4) is 17.0 Å². The number of aromatic amines is 1. The van der Waals surface area contributed by atoms with Gasteiger partial charge in [0.25, 0.3) is 5.91 Å². The number of hydrogen-bond donors (Lipinski definition) is 2. The molecule has 0 aliphatic rings. The maximum Gasteiger partial charge on any atom is 0.255 e. The average molecular weight is 349 g/mol. The Labute approximate surface area is 148 Å². The third-order valence-electron chi connectivity index (χ3n) is 4.01. The Kier molecular flexibility index (Phi) is 4.06. The number of carbonyl (C=O) groups is 1. The molecule has 0 unspecified atom stereocenters. The molecule has 0 bridgehead atoms. The maximum absolute atomic E-state index is 12.6. The fourth-order valence-electron chi connectivity index (χ4n) is 2.67. The van der Waals surface area contributed by atoms with Gasteiger partial charge in [0.2, 0.25) is 0 Å². The van der Waals surface area contributed by atoms with Crippen LogP contribution in [0, 0.1) is 0 Å². The second-order valence-corrected chi connectivity index (χ2v) is 5.66. The highest BCUT2D eigenvalue weighted by atomic mass is 16.6. The van der Waals surface area contributed by atoms with E-state index in [9.17, 15) is 4.79 Å². The molecule has 130 valence electrons. The second kappa shape index (κ2) is 6.67. The highest BCUT2D eigenvalue weighted by Gasteiger charge is 2.15. The first-order chi connectivity index (χ1) is 12.7. The van der Waals surface area contributed by atoms with E-state index in [1.165, 1.54) is 6.20 Å². The average Bonchev–Trinajstić information content (AvgIpc) is 3.35. The fourth-order valence-corrected chi connectivity index (χ4v) is 2.67. The summed E-state index contributed by atoms with van der Waals surface area (Å²) in [6.45, 7) is 0.352. The smallest absolute Gasteiger partial charge is 0.255 e. The van der Waals surface area contributed by atoms with Crippen LogP contribution in [-0.2, 0) is 6.54 Å². The molecule has 2 heterocycles. The quantitative estimate of drug-likeness (QED) is 0.573. The summed E-state index contributed by atoms with van der Waals surface area (Å²) >= 11 is 0. The molecule has 2 N–H and O–H groups in total. The van der Waals surface area contributed by atoms with Crippen molar-refractivity contribution in [3.63, 3.8) is 0 Å². The molecule has 8 heteroatoms. The monoisotopic (exact) mass is 349 g/mol. The van der Waals surface area contributed by atoms with Crippen molar-refractivity contribution in [1.82, 2.24) is 25.8 Å². The van der Waals surface area contributed by atoms with Crippen molar-refractivity contribution in [1.29, 1.82) is 0 Å². The van der Waals surface area contributed by atoms with Crippen LogP contribution in [0.15, 0.2) is 53.3 Å². The van der Waals surface area contributed by atoms with Gasteiger partial charge in [-0.25, -0.2) is 4.63 Å². The Hall–Kier alpha value is -3.68. The Morgan fingerprint density at radius 2 is 2.08 bits per heavy atom. The van der Waals surface area contributed by atoms with Crippen LogP contribution >= 0.6 is 0 Å². The van der Waals surface area contributed by atoms with E-state index < -0.39 is 0 Å². The Morgan fingerprint density at radius 3 is 2.96 bits per heavy atom. The lowest BCUT2D eigenvalue weighted by Crippen LogP contribution is -2.23. The topological polar surface area (TPSA) is 106 Å². The van der Waals surface area contributed by atoms with E-state index in [4.69, 9.17) is 4.74 Å². The van der Waals surface area contributed by atoms with Crippen LogP contribution in [0.5, 0.6) is 5.75 Å². The molecule has 4 rings (SSSR count). The molecule has 4 aromatic rings. The number of methoxy groups -OCH3 is 1. The van der Waals surface area contributed by atoms with E-state index in [1.54, 1.807) is 13.2 Å². The van der Waals surface area contributed by atoms with E-state index in [0.717, 1.165) is 11.1 Å². The van der Waals surface area contributed by atoms with Crippen LogP contribution in [-0.4, -0.2) is 33.5 Å². The lowest BCUT2D eigenvalue weighted by Gasteiger charge is -2.07. The summed E-state index contributed by atoms with van der Waals surface area (Å²) in [6.07, 6.45) is 1.51. The van der Waals surface area contributed by atoms with Gasteiger partial charge in [0.05, 0.1) is 24.6 Å². The highest BCUT2D eigenvalue weighted by Crippen LogP contribution is 2.25. The van der Waals surface area contributed by atoms with Crippen molar-refractivity contribution in [3.05, 3.63) is 59.8 Å². The van der Waals surface area contributed by atoms with Gasteiger partial charge in [-0.3, -0.25) is 9.89 Å². The van der Waals surface area contributed by atoms with Crippen molar-refractivity contribution in [2.24, 2.45) is 0 Å². The van der Waals surface area contributed by atoms with Crippen LogP contribution in [0.25, 0.3) is 22.3 Å². The first-order valence-electron chi connectivity index (χ1n) is 7.92. The number of benzene rings is 2. The van der Waals surface area contributed by atoms with Crippen molar-refractivity contribution in [2.45, 2.75) is 6.54 Å². The summed E-state index contributed by atoms with van der Waals surface area (Å²) in [6, 6.07) is 12.9. The number of carbonyl (C=O) groups excluding carboxylic acids is 1. The Bertz CT molecular complexity index is 1070. The minimum Gasteiger partial charge on any atom is -0.497 e. The summed E-state index contributed by atoms with van der Waals surface area (Å²) in [5.41, 5.74) is 4.14. The number of nitrogens with one attached hydrogen (secondary N) is 2. The van der Waals surface area contributed by atoms with E-state index in [1.807, 2.05) is 36.4 Å². The number of nitrogens with zero attached hydrogens (tertiary/aromatic N) is 3. The van der Waals surface area contributed by atoms with Gasteiger partial charge in [0, 0.05) is 12.1 Å². The number of H-pyrrole nitrogens is 1. The van der Waals surface area contributed by atoms with E-state index in [2.05, 4.69) is 30.5 Å². The van der Waals surface area contributed by atoms with Gasteiger partial charge in [0.15, 0.2) is 0 Å². The highest BCUT2D eigenvalue weighted by molar-refractivity contribution is 5.99. The normalized spacial score (nSPS) is 10.8. The third kappa shape index (κ3) is 3.00. The number of rotatable bonds is 5.